The molecule has 130 valence electrons. The second-order valence-electron chi connectivity index (χ2n) is 7.69. The summed E-state index contributed by atoms with van der Waals surface area (Å²) < 4.78 is 15.7. The van der Waals surface area contributed by atoms with Gasteiger partial charge in [-0.25, -0.2) is 9.59 Å². The van der Waals surface area contributed by atoms with Crippen LogP contribution in [-0.2, 0) is 28.6 Å². The molecule has 0 aromatic rings. The van der Waals surface area contributed by atoms with Crippen molar-refractivity contribution < 1.29 is 28.6 Å². The first-order valence-corrected chi connectivity index (χ1v) is 7.49. The highest BCUT2D eigenvalue weighted by Gasteiger charge is 2.52. The van der Waals surface area contributed by atoms with Crippen molar-refractivity contribution in [3.8, 4) is 0 Å². The van der Waals surface area contributed by atoms with E-state index >= 15 is 0 Å². The van der Waals surface area contributed by atoms with E-state index in [1.54, 1.807) is 41.5 Å². The minimum Gasteiger partial charge on any atom is -0.462 e. The highest BCUT2D eigenvalue weighted by Crippen LogP contribution is 2.38. The summed E-state index contributed by atoms with van der Waals surface area (Å²) in [6.07, 6.45) is -0.970. The zero-order valence-corrected chi connectivity index (χ0v) is 14.9. The summed E-state index contributed by atoms with van der Waals surface area (Å²) in [4.78, 5) is 36.2. The van der Waals surface area contributed by atoms with Crippen molar-refractivity contribution in [3.05, 3.63) is 12.2 Å². The van der Waals surface area contributed by atoms with Crippen LogP contribution in [-0.4, -0.2) is 36.2 Å². The van der Waals surface area contributed by atoms with Crippen LogP contribution in [0.4, 0.5) is 0 Å². The molecule has 1 aliphatic rings. The van der Waals surface area contributed by atoms with Gasteiger partial charge in [0.15, 0.2) is 0 Å². The Morgan fingerprint density at radius 1 is 1.26 bits per heavy atom. The Morgan fingerprint density at radius 3 is 2.17 bits per heavy atom. The standard InChI is InChI=1S/C17H26O6/c1-10(2)12(18)23-17(7,8)16(5,6)14(20)22-11-13(19)21-9-15(11,3)4/h11H,1,9H2,2-8H3. The van der Waals surface area contributed by atoms with E-state index in [0.29, 0.717) is 0 Å². The number of hydrogen-bond donors (Lipinski definition) is 0. The van der Waals surface area contributed by atoms with Gasteiger partial charge in [-0.3, -0.25) is 4.79 Å². The van der Waals surface area contributed by atoms with E-state index in [-0.39, 0.29) is 12.2 Å². The van der Waals surface area contributed by atoms with Gasteiger partial charge in [-0.1, -0.05) is 20.4 Å². The van der Waals surface area contributed by atoms with Crippen LogP contribution in [0.2, 0.25) is 0 Å². The molecule has 0 spiro atoms. The lowest BCUT2D eigenvalue weighted by Gasteiger charge is -2.39. The van der Waals surface area contributed by atoms with Gasteiger partial charge in [0.05, 0.1) is 0 Å². The lowest BCUT2D eigenvalue weighted by Crippen LogP contribution is -2.51. The Hall–Kier alpha value is -1.85. The molecule has 0 aromatic carbocycles. The van der Waals surface area contributed by atoms with Crippen LogP contribution in [0, 0.1) is 10.8 Å². The molecular formula is C17H26O6. The van der Waals surface area contributed by atoms with Crippen LogP contribution in [0.3, 0.4) is 0 Å². The summed E-state index contributed by atoms with van der Waals surface area (Å²) in [5, 5.41) is 0. The van der Waals surface area contributed by atoms with Gasteiger partial charge in [0.25, 0.3) is 0 Å². The van der Waals surface area contributed by atoms with Gasteiger partial charge >= 0.3 is 17.9 Å². The monoisotopic (exact) mass is 326 g/mol. The first-order valence-electron chi connectivity index (χ1n) is 7.49. The molecular weight excluding hydrogens is 300 g/mol. The van der Waals surface area contributed by atoms with Crippen LogP contribution in [0.15, 0.2) is 12.2 Å². The van der Waals surface area contributed by atoms with Gasteiger partial charge in [-0.15, -0.1) is 0 Å². The van der Waals surface area contributed by atoms with Gasteiger partial charge in [0, 0.05) is 11.0 Å². The number of ether oxygens (including phenoxy) is 3. The van der Waals surface area contributed by atoms with E-state index in [1.807, 2.05) is 0 Å². The quantitative estimate of drug-likeness (QED) is 0.438. The third kappa shape index (κ3) is 3.74. The second kappa shape index (κ2) is 5.98. The molecule has 1 aliphatic heterocycles. The summed E-state index contributed by atoms with van der Waals surface area (Å²) in [5.41, 5.74) is -2.67. The molecule has 0 saturated carbocycles. The summed E-state index contributed by atoms with van der Waals surface area (Å²) in [6.45, 7) is 15.3. The predicted octanol–water partition coefficient (Wildman–Crippen LogP) is 2.41. The zero-order chi connectivity index (χ0) is 18.2. The molecule has 1 unspecified atom stereocenters. The molecule has 1 fully saturated rings. The van der Waals surface area contributed by atoms with E-state index in [9.17, 15) is 14.4 Å². The average molecular weight is 326 g/mol. The average Bonchev–Trinajstić information content (AvgIpc) is 2.64. The topological polar surface area (TPSA) is 78.9 Å². The maximum absolute atomic E-state index is 12.6. The molecule has 6 heteroatoms. The van der Waals surface area contributed by atoms with Crippen LogP contribution < -0.4 is 0 Å². The number of carbonyl (C=O) groups is 3. The summed E-state index contributed by atoms with van der Waals surface area (Å²) in [5.74, 6) is -1.78. The van der Waals surface area contributed by atoms with Gasteiger partial charge in [0.1, 0.15) is 17.6 Å². The maximum Gasteiger partial charge on any atom is 0.348 e. The van der Waals surface area contributed by atoms with E-state index in [1.165, 1.54) is 6.92 Å². The molecule has 1 heterocycles. The van der Waals surface area contributed by atoms with Crippen LogP contribution >= 0.6 is 0 Å². The van der Waals surface area contributed by atoms with Gasteiger partial charge in [-0.05, 0) is 34.6 Å². The van der Waals surface area contributed by atoms with Crippen LogP contribution in [0.25, 0.3) is 0 Å². The van der Waals surface area contributed by atoms with Crippen molar-refractivity contribution in [2.75, 3.05) is 6.61 Å². The third-order valence-electron chi connectivity index (χ3n) is 4.45. The fraction of sp³-hybridized carbons (Fsp3) is 0.706. The second-order valence-corrected chi connectivity index (χ2v) is 7.69. The van der Waals surface area contributed by atoms with Crippen molar-refractivity contribution in [1.29, 1.82) is 0 Å². The largest absolute Gasteiger partial charge is 0.462 e. The Bertz CT molecular complexity index is 541. The molecule has 0 aromatic heterocycles. The number of esters is 3. The van der Waals surface area contributed by atoms with Gasteiger partial charge in [-0.2, -0.15) is 0 Å². The molecule has 1 rings (SSSR count). The van der Waals surface area contributed by atoms with Crippen LogP contribution in [0.1, 0.15) is 48.5 Å². The van der Waals surface area contributed by atoms with Gasteiger partial charge in [0.2, 0.25) is 6.10 Å². The summed E-state index contributed by atoms with van der Waals surface area (Å²) >= 11 is 0. The molecule has 0 amide bonds. The molecule has 0 bridgehead atoms. The van der Waals surface area contributed by atoms with Gasteiger partial charge < -0.3 is 14.2 Å². The van der Waals surface area contributed by atoms with Crippen molar-refractivity contribution in [1.82, 2.24) is 0 Å². The molecule has 23 heavy (non-hydrogen) atoms. The SMILES string of the molecule is C=C(C)C(=O)OC(C)(C)C(C)(C)C(=O)OC1C(=O)OCC1(C)C. The summed E-state index contributed by atoms with van der Waals surface area (Å²) in [6, 6.07) is 0. The fourth-order valence-electron chi connectivity index (χ4n) is 1.88. The number of cyclic esters (lactones) is 1. The van der Waals surface area contributed by atoms with Crippen molar-refractivity contribution in [2.24, 2.45) is 10.8 Å². The molecule has 1 saturated heterocycles. The zero-order valence-electron chi connectivity index (χ0n) is 14.9. The van der Waals surface area contributed by atoms with E-state index in [4.69, 9.17) is 14.2 Å². The Balaban J connectivity index is 2.94. The number of hydrogen-bond acceptors (Lipinski definition) is 6. The minimum atomic E-state index is -1.17. The normalized spacial score (nSPS) is 20.7. The molecule has 0 aliphatic carbocycles. The predicted molar refractivity (Wildman–Crippen MR) is 83.4 cm³/mol. The lowest BCUT2D eigenvalue weighted by atomic mass is 9.76. The van der Waals surface area contributed by atoms with Crippen molar-refractivity contribution >= 4 is 17.9 Å². The Labute approximate surface area is 137 Å². The molecule has 0 radical (unpaired) electrons. The minimum absolute atomic E-state index is 0.193. The summed E-state index contributed by atoms with van der Waals surface area (Å²) in [7, 11) is 0. The lowest BCUT2D eigenvalue weighted by molar-refractivity contribution is -0.189. The highest BCUT2D eigenvalue weighted by molar-refractivity contribution is 5.88. The molecule has 6 nitrogen and oxygen atoms in total. The number of carbonyl (C=O) groups excluding carboxylic acids is 3. The third-order valence-corrected chi connectivity index (χ3v) is 4.45. The van der Waals surface area contributed by atoms with E-state index in [0.717, 1.165) is 0 Å². The van der Waals surface area contributed by atoms with Crippen molar-refractivity contribution in [2.45, 2.75) is 60.2 Å². The Kier molecular flexibility index (Phi) is 4.99. The van der Waals surface area contributed by atoms with E-state index in [2.05, 4.69) is 6.58 Å². The number of rotatable bonds is 5. The van der Waals surface area contributed by atoms with Crippen LogP contribution in [0.5, 0.6) is 0 Å². The highest BCUT2D eigenvalue weighted by atomic mass is 16.6. The van der Waals surface area contributed by atoms with E-state index < -0.39 is 40.4 Å². The fourth-order valence-corrected chi connectivity index (χ4v) is 1.88. The molecule has 1 atom stereocenters. The maximum atomic E-state index is 12.6. The first-order chi connectivity index (χ1) is 10.2. The first kappa shape index (κ1) is 19.2. The smallest absolute Gasteiger partial charge is 0.348 e. The van der Waals surface area contributed by atoms with Crippen molar-refractivity contribution in [3.63, 3.8) is 0 Å². The Morgan fingerprint density at radius 2 is 1.78 bits per heavy atom. The molecule has 0 N–H and O–H groups in total.